The Balaban J connectivity index is 1.52. The van der Waals surface area contributed by atoms with Gasteiger partial charge >= 0.3 is 0 Å². The molecule has 5 nitrogen and oxygen atoms in total. The van der Waals surface area contributed by atoms with Gasteiger partial charge in [0, 0.05) is 18.9 Å². The van der Waals surface area contributed by atoms with Gasteiger partial charge in [-0.25, -0.2) is 0 Å². The Morgan fingerprint density at radius 2 is 2.05 bits per heavy atom. The second-order valence-corrected chi connectivity index (χ2v) is 5.42. The molecular formula is C16H20N4O. The molecule has 0 atom stereocenters. The average molecular weight is 284 g/mol. The van der Waals surface area contributed by atoms with E-state index in [0.29, 0.717) is 18.3 Å². The van der Waals surface area contributed by atoms with E-state index in [1.54, 1.807) is 18.6 Å². The second-order valence-electron chi connectivity index (χ2n) is 5.42. The highest BCUT2D eigenvalue weighted by Gasteiger charge is 2.15. The normalized spacial score (nSPS) is 15.0. The first-order valence-corrected chi connectivity index (χ1v) is 7.48. The molecule has 1 N–H and O–H groups in total. The summed E-state index contributed by atoms with van der Waals surface area (Å²) in [5, 5.41) is 3.24. The molecule has 1 aliphatic carbocycles. The molecule has 0 saturated heterocycles. The molecule has 1 fully saturated rings. The minimum Gasteiger partial charge on any atom is -0.476 e. The molecule has 0 unspecified atom stereocenters. The summed E-state index contributed by atoms with van der Waals surface area (Å²) in [6.45, 7) is 1.43. The number of hydrogen-bond donors (Lipinski definition) is 1. The van der Waals surface area contributed by atoms with Crippen LogP contribution in [0.3, 0.4) is 0 Å². The van der Waals surface area contributed by atoms with Crippen molar-refractivity contribution in [3.63, 3.8) is 0 Å². The van der Waals surface area contributed by atoms with Gasteiger partial charge in [-0.1, -0.05) is 18.9 Å². The van der Waals surface area contributed by atoms with Crippen molar-refractivity contribution in [2.24, 2.45) is 5.92 Å². The summed E-state index contributed by atoms with van der Waals surface area (Å²) >= 11 is 0. The van der Waals surface area contributed by atoms with Crippen molar-refractivity contribution in [3.05, 3.63) is 42.5 Å². The Kier molecular flexibility index (Phi) is 4.61. The molecule has 1 saturated carbocycles. The minimum atomic E-state index is 0.595. The average Bonchev–Trinajstić information content (AvgIpc) is 3.06. The summed E-state index contributed by atoms with van der Waals surface area (Å²) in [6.07, 6.45) is 12.2. The van der Waals surface area contributed by atoms with Gasteiger partial charge in [0.05, 0.1) is 19.0 Å². The number of nitrogens with one attached hydrogen (secondary N) is 1. The fourth-order valence-corrected chi connectivity index (χ4v) is 2.58. The molecule has 110 valence electrons. The highest BCUT2D eigenvalue weighted by molar-refractivity contribution is 5.34. The Bertz CT molecular complexity index is 555. The number of nitrogens with zero attached hydrogens (tertiary/aromatic N) is 3. The van der Waals surface area contributed by atoms with Crippen molar-refractivity contribution in [3.8, 4) is 5.88 Å². The van der Waals surface area contributed by atoms with E-state index in [1.165, 1.54) is 25.7 Å². The second kappa shape index (κ2) is 7.02. The number of ether oxygens (including phenoxy) is 1. The first kappa shape index (κ1) is 13.8. The lowest BCUT2D eigenvalue weighted by Gasteiger charge is -2.11. The van der Waals surface area contributed by atoms with E-state index in [2.05, 4.69) is 20.3 Å². The van der Waals surface area contributed by atoms with Crippen LogP contribution in [0.15, 0.2) is 36.9 Å². The third-order valence-corrected chi connectivity index (χ3v) is 3.75. The third-order valence-electron chi connectivity index (χ3n) is 3.75. The van der Waals surface area contributed by atoms with Crippen LogP contribution >= 0.6 is 0 Å². The predicted molar refractivity (Wildman–Crippen MR) is 81.0 cm³/mol. The molecule has 0 amide bonds. The molecule has 1 aliphatic rings. The van der Waals surface area contributed by atoms with Crippen LogP contribution in [0.5, 0.6) is 5.88 Å². The summed E-state index contributed by atoms with van der Waals surface area (Å²) in [5.41, 5.74) is 1.11. The fraction of sp³-hybridized carbons (Fsp3) is 0.438. The van der Waals surface area contributed by atoms with Gasteiger partial charge in [-0.3, -0.25) is 9.97 Å². The van der Waals surface area contributed by atoms with Gasteiger partial charge in [0.25, 0.3) is 0 Å². The molecule has 0 aromatic carbocycles. The lowest BCUT2D eigenvalue weighted by molar-refractivity contribution is 0.243. The molecule has 2 aromatic heterocycles. The maximum atomic E-state index is 5.76. The fourth-order valence-electron chi connectivity index (χ4n) is 2.58. The first-order valence-electron chi connectivity index (χ1n) is 7.48. The van der Waals surface area contributed by atoms with Crippen LogP contribution in [0.1, 0.15) is 31.2 Å². The zero-order valence-corrected chi connectivity index (χ0v) is 12.0. The van der Waals surface area contributed by atoms with Gasteiger partial charge in [-0.05, 0) is 30.4 Å². The van der Waals surface area contributed by atoms with Crippen molar-refractivity contribution in [1.82, 2.24) is 15.0 Å². The Hall–Kier alpha value is -2.17. The monoisotopic (exact) mass is 284 g/mol. The van der Waals surface area contributed by atoms with Crippen LogP contribution in [0.25, 0.3) is 0 Å². The van der Waals surface area contributed by atoms with E-state index in [1.807, 2.05) is 18.3 Å². The molecule has 3 rings (SSSR count). The van der Waals surface area contributed by atoms with Crippen molar-refractivity contribution < 1.29 is 4.74 Å². The first-order chi connectivity index (χ1) is 10.4. The molecule has 0 radical (unpaired) electrons. The van der Waals surface area contributed by atoms with E-state index in [-0.39, 0.29) is 0 Å². The summed E-state index contributed by atoms with van der Waals surface area (Å²) in [7, 11) is 0. The van der Waals surface area contributed by atoms with Crippen molar-refractivity contribution in [2.75, 3.05) is 11.9 Å². The molecule has 21 heavy (non-hydrogen) atoms. The van der Waals surface area contributed by atoms with Gasteiger partial charge < -0.3 is 10.1 Å². The lowest BCUT2D eigenvalue weighted by Crippen LogP contribution is -2.10. The molecule has 0 bridgehead atoms. The Labute approximate surface area is 124 Å². The predicted octanol–water partition coefficient (Wildman–Crippen LogP) is 3.05. The van der Waals surface area contributed by atoms with Crippen LogP contribution in [-0.4, -0.2) is 21.6 Å². The van der Waals surface area contributed by atoms with Crippen molar-refractivity contribution >= 4 is 5.82 Å². The minimum absolute atomic E-state index is 0.595. The summed E-state index contributed by atoms with van der Waals surface area (Å²) in [4.78, 5) is 12.7. The van der Waals surface area contributed by atoms with E-state index >= 15 is 0 Å². The van der Waals surface area contributed by atoms with Gasteiger partial charge in [0.1, 0.15) is 5.82 Å². The van der Waals surface area contributed by atoms with Crippen molar-refractivity contribution in [1.29, 1.82) is 0 Å². The van der Waals surface area contributed by atoms with Crippen LogP contribution in [-0.2, 0) is 6.54 Å². The van der Waals surface area contributed by atoms with Crippen LogP contribution in [0, 0.1) is 5.92 Å². The third kappa shape index (κ3) is 4.15. The van der Waals surface area contributed by atoms with Gasteiger partial charge in [-0.15, -0.1) is 0 Å². The quantitative estimate of drug-likeness (QED) is 0.883. The zero-order valence-electron chi connectivity index (χ0n) is 12.0. The van der Waals surface area contributed by atoms with E-state index in [0.717, 1.165) is 18.0 Å². The highest BCUT2D eigenvalue weighted by Crippen LogP contribution is 2.25. The van der Waals surface area contributed by atoms with Gasteiger partial charge in [-0.2, -0.15) is 4.98 Å². The molecule has 0 spiro atoms. The summed E-state index contributed by atoms with van der Waals surface area (Å²) in [6, 6.07) is 3.94. The molecule has 2 aromatic rings. The largest absolute Gasteiger partial charge is 0.476 e. The van der Waals surface area contributed by atoms with Gasteiger partial charge in [0.15, 0.2) is 0 Å². The summed E-state index contributed by atoms with van der Waals surface area (Å²) in [5.74, 6) is 2.00. The molecule has 2 heterocycles. The van der Waals surface area contributed by atoms with Crippen LogP contribution < -0.4 is 10.1 Å². The standard InChI is InChI=1S/C16H20N4O/c1-2-5-13(4-1)12-21-16-11-18-10-15(20-16)19-9-14-6-3-7-17-8-14/h3,6-8,10-11,13H,1-2,4-5,9,12H2,(H,19,20). The maximum absolute atomic E-state index is 5.76. The van der Waals surface area contributed by atoms with Crippen LogP contribution in [0.4, 0.5) is 5.82 Å². The van der Waals surface area contributed by atoms with Crippen LogP contribution in [0.2, 0.25) is 0 Å². The Morgan fingerprint density at radius 1 is 1.14 bits per heavy atom. The number of pyridine rings is 1. The van der Waals surface area contributed by atoms with Gasteiger partial charge in [0.2, 0.25) is 5.88 Å². The lowest BCUT2D eigenvalue weighted by atomic mass is 10.1. The Morgan fingerprint density at radius 3 is 2.86 bits per heavy atom. The van der Waals surface area contributed by atoms with Crippen molar-refractivity contribution in [2.45, 2.75) is 32.2 Å². The molecule has 0 aliphatic heterocycles. The molecular weight excluding hydrogens is 264 g/mol. The van der Waals surface area contributed by atoms with E-state index < -0.39 is 0 Å². The highest BCUT2D eigenvalue weighted by atomic mass is 16.5. The number of hydrogen-bond acceptors (Lipinski definition) is 5. The smallest absolute Gasteiger partial charge is 0.234 e. The maximum Gasteiger partial charge on any atom is 0.234 e. The molecule has 5 heteroatoms. The summed E-state index contributed by atoms with van der Waals surface area (Å²) < 4.78 is 5.76. The number of rotatable bonds is 6. The van der Waals surface area contributed by atoms with E-state index in [4.69, 9.17) is 4.74 Å². The zero-order chi connectivity index (χ0) is 14.3. The topological polar surface area (TPSA) is 59.9 Å². The number of anilines is 1. The van der Waals surface area contributed by atoms with E-state index in [9.17, 15) is 0 Å². The number of aromatic nitrogens is 3. The SMILES string of the molecule is c1cncc(CNc2cncc(OCC3CCCC3)n2)c1.